The monoisotopic (exact) mass is 360 g/mol. The molecule has 0 bridgehead atoms. The molecular formula is C19H20N8. The van der Waals surface area contributed by atoms with Crippen LogP contribution >= 0.6 is 0 Å². The molecule has 0 saturated carbocycles. The molecule has 8 heteroatoms. The van der Waals surface area contributed by atoms with Crippen molar-refractivity contribution in [1.29, 1.82) is 0 Å². The number of nitrogens with one attached hydrogen (secondary N) is 1. The van der Waals surface area contributed by atoms with E-state index in [9.17, 15) is 0 Å². The highest BCUT2D eigenvalue weighted by molar-refractivity contribution is 5.88. The van der Waals surface area contributed by atoms with Crippen LogP contribution in [0.2, 0.25) is 0 Å². The van der Waals surface area contributed by atoms with Gasteiger partial charge in [0.15, 0.2) is 11.5 Å². The van der Waals surface area contributed by atoms with Gasteiger partial charge < -0.3 is 4.90 Å². The van der Waals surface area contributed by atoms with E-state index in [4.69, 9.17) is 9.97 Å². The fraction of sp³-hybridized carbons (Fsp3) is 0.316. The predicted molar refractivity (Wildman–Crippen MR) is 102 cm³/mol. The summed E-state index contributed by atoms with van der Waals surface area (Å²) < 4.78 is 1.80. The molecule has 0 atom stereocenters. The third kappa shape index (κ3) is 2.56. The van der Waals surface area contributed by atoms with Crippen molar-refractivity contribution < 1.29 is 0 Å². The second-order valence-corrected chi connectivity index (χ2v) is 6.76. The first-order valence-electron chi connectivity index (χ1n) is 9.14. The molecule has 5 heterocycles. The summed E-state index contributed by atoms with van der Waals surface area (Å²) in [5, 5.41) is 13.0. The second-order valence-electron chi connectivity index (χ2n) is 6.76. The van der Waals surface area contributed by atoms with Gasteiger partial charge in [-0.2, -0.15) is 10.2 Å². The lowest BCUT2D eigenvalue weighted by atomic mass is 10.0. The number of rotatable bonds is 3. The van der Waals surface area contributed by atoms with Crippen LogP contribution in [0.15, 0.2) is 30.7 Å². The smallest absolute Gasteiger partial charge is 0.164 e. The van der Waals surface area contributed by atoms with E-state index >= 15 is 0 Å². The van der Waals surface area contributed by atoms with Crippen molar-refractivity contribution in [3.8, 4) is 11.4 Å². The van der Waals surface area contributed by atoms with Crippen molar-refractivity contribution in [3.05, 3.63) is 47.7 Å². The van der Waals surface area contributed by atoms with Crippen molar-refractivity contribution in [2.24, 2.45) is 7.05 Å². The number of nitrogens with zero attached hydrogens (tertiary/aromatic N) is 7. The van der Waals surface area contributed by atoms with Gasteiger partial charge in [-0.15, -0.1) is 0 Å². The molecule has 0 aliphatic carbocycles. The summed E-state index contributed by atoms with van der Waals surface area (Å²) >= 11 is 0. The Morgan fingerprint density at radius 3 is 2.85 bits per heavy atom. The van der Waals surface area contributed by atoms with E-state index in [2.05, 4.69) is 32.1 Å². The normalized spacial score (nSPS) is 13.9. The maximum absolute atomic E-state index is 4.92. The van der Waals surface area contributed by atoms with Crippen molar-refractivity contribution >= 4 is 16.9 Å². The van der Waals surface area contributed by atoms with Gasteiger partial charge in [0, 0.05) is 55.8 Å². The van der Waals surface area contributed by atoms with E-state index in [-0.39, 0.29) is 0 Å². The average Bonchev–Trinajstić information content (AvgIpc) is 3.31. The number of pyridine rings is 1. The molecule has 1 aliphatic rings. The standard InChI is InChI=1S/C19H20N8/c1-3-15-14-11-27(9-6-16(14)25-24-15)19-13-10-21-26(2)18(13)22-17(23-19)12-4-7-20-8-5-12/h4-5,7-8,10H,3,6,9,11H2,1-2H3,(H,24,25). The number of H-pyrrole nitrogens is 1. The Morgan fingerprint density at radius 1 is 1.19 bits per heavy atom. The van der Waals surface area contributed by atoms with Gasteiger partial charge in [0.05, 0.1) is 17.3 Å². The minimum absolute atomic E-state index is 0.692. The van der Waals surface area contributed by atoms with Crippen LogP contribution in [0.4, 0.5) is 5.82 Å². The number of hydrogen-bond donors (Lipinski definition) is 1. The van der Waals surface area contributed by atoms with E-state index in [0.29, 0.717) is 5.82 Å². The number of fused-ring (bicyclic) bond motifs is 2. The second kappa shape index (κ2) is 6.15. The Morgan fingerprint density at radius 2 is 2.04 bits per heavy atom. The molecule has 0 amide bonds. The molecule has 0 spiro atoms. The molecule has 5 rings (SSSR count). The molecule has 136 valence electrons. The SMILES string of the molecule is CCc1n[nH]c2c1CN(c1nc(-c3ccncc3)nc3c1cnn3C)CC2. The molecule has 1 N–H and O–H groups in total. The van der Waals surface area contributed by atoms with Crippen LogP contribution in [0.1, 0.15) is 23.9 Å². The van der Waals surface area contributed by atoms with Gasteiger partial charge in [0.25, 0.3) is 0 Å². The number of hydrogen-bond acceptors (Lipinski definition) is 6. The lowest BCUT2D eigenvalue weighted by Crippen LogP contribution is -2.31. The van der Waals surface area contributed by atoms with Gasteiger partial charge in [-0.1, -0.05) is 6.92 Å². The Balaban J connectivity index is 1.64. The average molecular weight is 360 g/mol. The lowest BCUT2D eigenvalue weighted by Gasteiger charge is -2.28. The first-order valence-corrected chi connectivity index (χ1v) is 9.14. The number of aryl methyl sites for hydroxylation is 2. The zero-order valence-corrected chi connectivity index (χ0v) is 15.3. The van der Waals surface area contributed by atoms with Gasteiger partial charge >= 0.3 is 0 Å². The maximum Gasteiger partial charge on any atom is 0.164 e. The Kier molecular flexibility index (Phi) is 3.63. The summed E-state index contributed by atoms with van der Waals surface area (Å²) in [4.78, 5) is 16.1. The van der Waals surface area contributed by atoms with Crippen LogP contribution in [-0.2, 0) is 26.4 Å². The molecule has 8 nitrogen and oxygen atoms in total. The van der Waals surface area contributed by atoms with Gasteiger partial charge in [0.2, 0.25) is 0 Å². The fourth-order valence-electron chi connectivity index (χ4n) is 3.71. The minimum atomic E-state index is 0.692. The molecule has 0 fully saturated rings. The summed E-state index contributed by atoms with van der Waals surface area (Å²) in [5.41, 5.74) is 5.46. The van der Waals surface area contributed by atoms with E-state index in [1.165, 1.54) is 11.3 Å². The van der Waals surface area contributed by atoms with Crippen LogP contribution in [0.25, 0.3) is 22.4 Å². The summed E-state index contributed by atoms with van der Waals surface area (Å²) in [7, 11) is 1.91. The van der Waals surface area contributed by atoms with Gasteiger partial charge in [0.1, 0.15) is 5.82 Å². The molecule has 0 radical (unpaired) electrons. The fourth-order valence-corrected chi connectivity index (χ4v) is 3.71. The zero-order valence-electron chi connectivity index (χ0n) is 15.3. The Hall–Kier alpha value is -3.29. The van der Waals surface area contributed by atoms with Crippen molar-refractivity contribution in [3.63, 3.8) is 0 Å². The lowest BCUT2D eigenvalue weighted by molar-refractivity contribution is 0.710. The third-order valence-corrected chi connectivity index (χ3v) is 5.16. The minimum Gasteiger partial charge on any atom is -0.351 e. The van der Waals surface area contributed by atoms with Crippen molar-refractivity contribution in [1.82, 2.24) is 34.9 Å². The molecule has 1 aliphatic heterocycles. The molecule has 0 saturated heterocycles. The summed E-state index contributed by atoms with van der Waals surface area (Å²) in [6.07, 6.45) is 7.23. The molecule has 4 aromatic heterocycles. The topological polar surface area (TPSA) is 88.4 Å². The summed E-state index contributed by atoms with van der Waals surface area (Å²) in [5.74, 6) is 1.62. The first-order chi connectivity index (χ1) is 13.2. The van der Waals surface area contributed by atoms with Crippen molar-refractivity contribution in [2.75, 3.05) is 11.4 Å². The summed E-state index contributed by atoms with van der Waals surface area (Å²) in [6.45, 7) is 3.82. The number of aromatic amines is 1. The summed E-state index contributed by atoms with van der Waals surface area (Å²) in [6, 6.07) is 3.86. The van der Waals surface area contributed by atoms with E-state index in [1.807, 2.05) is 25.4 Å². The number of anilines is 1. The van der Waals surface area contributed by atoms with Crippen LogP contribution < -0.4 is 4.90 Å². The molecular weight excluding hydrogens is 340 g/mol. The van der Waals surface area contributed by atoms with Crippen LogP contribution in [0.3, 0.4) is 0 Å². The van der Waals surface area contributed by atoms with E-state index in [1.54, 1.807) is 17.1 Å². The highest BCUT2D eigenvalue weighted by atomic mass is 15.3. The van der Waals surface area contributed by atoms with Crippen molar-refractivity contribution in [2.45, 2.75) is 26.3 Å². The Labute approximate surface area is 156 Å². The quantitative estimate of drug-likeness (QED) is 0.603. The molecule has 0 unspecified atom stereocenters. The largest absolute Gasteiger partial charge is 0.351 e. The predicted octanol–water partition coefficient (Wildman–Crippen LogP) is 2.27. The van der Waals surface area contributed by atoms with Crippen LogP contribution in [0.5, 0.6) is 0 Å². The van der Waals surface area contributed by atoms with Gasteiger partial charge in [-0.05, 0) is 18.6 Å². The van der Waals surface area contributed by atoms with E-state index < -0.39 is 0 Å². The van der Waals surface area contributed by atoms with E-state index in [0.717, 1.165) is 54.0 Å². The number of aromatic nitrogens is 7. The van der Waals surface area contributed by atoms with Crippen LogP contribution in [-0.4, -0.2) is 41.5 Å². The van der Waals surface area contributed by atoms with Crippen LogP contribution in [0, 0.1) is 0 Å². The maximum atomic E-state index is 4.92. The van der Waals surface area contributed by atoms with Gasteiger partial charge in [-0.3, -0.25) is 14.8 Å². The Bertz CT molecular complexity index is 1100. The highest BCUT2D eigenvalue weighted by Gasteiger charge is 2.25. The highest BCUT2D eigenvalue weighted by Crippen LogP contribution is 2.31. The molecule has 27 heavy (non-hydrogen) atoms. The first kappa shape index (κ1) is 15.9. The third-order valence-electron chi connectivity index (χ3n) is 5.16. The molecule has 0 aromatic carbocycles. The zero-order chi connectivity index (χ0) is 18.4. The van der Waals surface area contributed by atoms with Gasteiger partial charge in [-0.25, -0.2) is 9.97 Å². The molecule has 4 aromatic rings.